The molecular weight excluding hydrogens is 310 g/mol. The van der Waals surface area contributed by atoms with Crippen LogP contribution in [-0.4, -0.2) is 47.0 Å². The van der Waals surface area contributed by atoms with Crippen molar-refractivity contribution in [1.29, 1.82) is 0 Å². The van der Waals surface area contributed by atoms with Gasteiger partial charge in [-0.2, -0.15) is 0 Å². The van der Waals surface area contributed by atoms with Gasteiger partial charge in [0.15, 0.2) is 0 Å². The van der Waals surface area contributed by atoms with Crippen molar-refractivity contribution in [2.75, 3.05) is 19.6 Å². The molecule has 1 aromatic rings. The van der Waals surface area contributed by atoms with Crippen molar-refractivity contribution in [3.8, 4) is 0 Å². The summed E-state index contributed by atoms with van der Waals surface area (Å²) in [6.45, 7) is 8.99. The van der Waals surface area contributed by atoms with Crippen molar-refractivity contribution >= 4 is 17.6 Å². The summed E-state index contributed by atoms with van der Waals surface area (Å²) in [5, 5.41) is 4.12. The number of carbonyl (C=O) groups is 1. The Bertz CT molecular complexity index is 578. The SMILES string of the molecule is CC(C)(C)N1CC(c2cccc(Cl)c2)N(C2CCNCC2)C1=O. The molecule has 2 heterocycles. The largest absolute Gasteiger partial charge is 0.321 e. The summed E-state index contributed by atoms with van der Waals surface area (Å²) in [6.07, 6.45) is 2.03. The molecule has 5 heteroatoms. The van der Waals surface area contributed by atoms with Crippen molar-refractivity contribution in [3.63, 3.8) is 0 Å². The normalized spacial score (nSPS) is 23.7. The van der Waals surface area contributed by atoms with Crippen LogP contribution in [-0.2, 0) is 0 Å². The molecule has 1 aromatic carbocycles. The molecule has 0 bridgehead atoms. The first kappa shape index (κ1) is 16.6. The third-order valence-electron chi connectivity index (χ3n) is 4.89. The van der Waals surface area contributed by atoms with Gasteiger partial charge in [-0.25, -0.2) is 4.79 Å². The van der Waals surface area contributed by atoms with Gasteiger partial charge in [0, 0.05) is 23.1 Å². The van der Waals surface area contributed by atoms with Crippen molar-refractivity contribution in [1.82, 2.24) is 15.1 Å². The standard InChI is InChI=1S/C18H26ClN3O/c1-18(2,3)21-12-16(13-5-4-6-14(19)11-13)22(17(21)23)15-7-9-20-10-8-15/h4-6,11,15-16,20H,7-10,12H2,1-3H3. The Balaban J connectivity index is 1.95. The number of rotatable bonds is 2. The molecule has 1 atom stereocenters. The van der Waals surface area contributed by atoms with E-state index in [9.17, 15) is 4.79 Å². The molecule has 0 radical (unpaired) electrons. The molecule has 1 unspecified atom stereocenters. The van der Waals surface area contributed by atoms with Crippen LogP contribution in [0.15, 0.2) is 24.3 Å². The Morgan fingerprint density at radius 2 is 1.91 bits per heavy atom. The van der Waals surface area contributed by atoms with Gasteiger partial charge in [-0.05, 0) is 64.4 Å². The molecule has 2 amide bonds. The number of hydrogen-bond donors (Lipinski definition) is 1. The van der Waals surface area contributed by atoms with Gasteiger partial charge in [0.1, 0.15) is 0 Å². The molecule has 2 fully saturated rings. The summed E-state index contributed by atoms with van der Waals surface area (Å²) < 4.78 is 0. The molecule has 23 heavy (non-hydrogen) atoms. The lowest BCUT2D eigenvalue weighted by Crippen LogP contribution is -2.49. The summed E-state index contributed by atoms with van der Waals surface area (Å²) in [5.74, 6) is 0. The Kier molecular flexibility index (Phi) is 4.56. The van der Waals surface area contributed by atoms with E-state index in [0.29, 0.717) is 6.04 Å². The first-order valence-electron chi connectivity index (χ1n) is 8.44. The van der Waals surface area contributed by atoms with E-state index in [1.54, 1.807) is 0 Å². The van der Waals surface area contributed by atoms with Crippen LogP contribution in [0.4, 0.5) is 4.79 Å². The predicted molar refractivity (Wildman–Crippen MR) is 93.8 cm³/mol. The Hall–Kier alpha value is -1.26. The minimum Gasteiger partial charge on any atom is -0.317 e. The van der Waals surface area contributed by atoms with Gasteiger partial charge in [0.05, 0.1) is 6.04 Å². The molecule has 2 aliphatic heterocycles. The van der Waals surface area contributed by atoms with Crippen LogP contribution in [0.3, 0.4) is 0 Å². The molecule has 3 rings (SSSR count). The van der Waals surface area contributed by atoms with Gasteiger partial charge < -0.3 is 15.1 Å². The van der Waals surface area contributed by atoms with E-state index in [1.165, 1.54) is 0 Å². The topological polar surface area (TPSA) is 35.6 Å². The van der Waals surface area contributed by atoms with Gasteiger partial charge in [0.2, 0.25) is 0 Å². The number of nitrogens with zero attached hydrogens (tertiary/aromatic N) is 2. The summed E-state index contributed by atoms with van der Waals surface area (Å²) >= 11 is 6.19. The zero-order valence-corrected chi connectivity index (χ0v) is 14.9. The minimum atomic E-state index is -0.171. The zero-order valence-electron chi connectivity index (χ0n) is 14.2. The monoisotopic (exact) mass is 335 g/mol. The first-order chi connectivity index (χ1) is 10.9. The molecule has 0 aliphatic carbocycles. The first-order valence-corrected chi connectivity index (χ1v) is 8.82. The van der Waals surface area contributed by atoms with Gasteiger partial charge in [-0.15, -0.1) is 0 Å². The Labute approximate surface area is 143 Å². The number of nitrogens with one attached hydrogen (secondary N) is 1. The van der Waals surface area contributed by atoms with E-state index in [-0.39, 0.29) is 17.6 Å². The van der Waals surface area contributed by atoms with Gasteiger partial charge in [-0.3, -0.25) is 0 Å². The lowest BCUT2D eigenvalue weighted by molar-refractivity contribution is 0.134. The second-order valence-electron chi connectivity index (χ2n) is 7.52. The molecule has 126 valence electrons. The number of benzene rings is 1. The quantitative estimate of drug-likeness (QED) is 0.895. The number of urea groups is 1. The number of carbonyl (C=O) groups excluding carboxylic acids is 1. The Morgan fingerprint density at radius 1 is 1.22 bits per heavy atom. The smallest absolute Gasteiger partial charge is 0.317 e. The molecule has 4 nitrogen and oxygen atoms in total. The zero-order chi connectivity index (χ0) is 16.6. The molecule has 1 N–H and O–H groups in total. The highest BCUT2D eigenvalue weighted by molar-refractivity contribution is 6.30. The molecule has 2 saturated heterocycles. The predicted octanol–water partition coefficient (Wildman–Crippen LogP) is 3.67. The van der Waals surface area contributed by atoms with Crippen LogP contribution in [0.25, 0.3) is 0 Å². The maximum absolute atomic E-state index is 13.1. The number of halogens is 1. The average molecular weight is 336 g/mol. The maximum atomic E-state index is 13.1. The third kappa shape index (κ3) is 3.33. The van der Waals surface area contributed by atoms with Gasteiger partial charge in [-0.1, -0.05) is 23.7 Å². The molecule has 0 spiro atoms. The van der Waals surface area contributed by atoms with Crippen molar-refractivity contribution in [2.45, 2.75) is 51.2 Å². The summed E-state index contributed by atoms with van der Waals surface area (Å²) in [5.41, 5.74) is 0.964. The summed E-state index contributed by atoms with van der Waals surface area (Å²) in [6, 6.07) is 8.50. The lowest BCUT2D eigenvalue weighted by Gasteiger charge is -2.36. The van der Waals surface area contributed by atoms with E-state index in [1.807, 2.05) is 23.1 Å². The molecule has 0 saturated carbocycles. The molecular formula is C18H26ClN3O. The van der Waals surface area contributed by atoms with E-state index in [4.69, 9.17) is 11.6 Å². The van der Waals surface area contributed by atoms with Crippen LogP contribution in [0.5, 0.6) is 0 Å². The van der Waals surface area contributed by atoms with Gasteiger partial charge >= 0.3 is 6.03 Å². The maximum Gasteiger partial charge on any atom is 0.321 e. The highest BCUT2D eigenvalue weighted by atomic mass is 35.5. The van der Waals surface area contributed by atoms with Crippen molar-refractivity contribution in [2.24, 2.45) is 0 Å². The highest BCUT2D eigenvalue weighted by Gasteiger charge is 2.45. The fourth-order valence-corrected chi connectivity index (χ4v) is 3.85. The van der Waals surface area contributed by atoms with Crippen molar-refractivity contribution < 1.29 is 4.79 Å². The number of piperidine rings is 1. The van der Waals surface area contributed by atoms with Crippen LogP contribution in [0.2, 0.25) is 5.02 Å². The highest BCUT2D eigenvalue weighted by Crippen LogP contribution is 2.37. The van der Waals surface area contributed by atoms with Crippen LogP contribution >= 0.6 is 11.6 Å². The Morgan fingerprint density at radius 3 is 2.52 bits per heavy atom. The van der Waals surface area contributed by atoms with E-state index in [0.717, 1.165) is 43.1 Å². The van der Waals surface area contributed by atoms with Crippen LogP contribution in [0.1, 0.15) is 45.2 Å². The van der Waals surface area contributed by atoms with E-state index in [2.05, 4.69) is 37.1 Å². The van der Waals surface area contributed by atoms with Gasteiger partial charge in [0.25, 0.3) is 0 Å². The minimum absolute atomic E-state index is 0.0866. The second kappa shape index (κ2) is 6.33. The van der Waals surface area contributed by atoms with E-state index >= 15 is 0 Å². The second-order valence-corrected chi connectivity index (χ2v) is 7.96. The molecule has 2 aliphatic rings. The van der Waals surface area contributed by atoms with Crippen molar-refractivity contribution in [3.05, 3.63) is 34.9 Å². The fraction of sp³-hybridized carbons (Fsp3) is 0.611. The number of amides is 2. The molecule has 0 aromatic heterocycles. The van der Waals surface area contributed by atoms with Crippen LogP contribution < -0.4 is 5.32 Å². The van der Waals surface area contributed by atoms with E-state index < -0.39 is 0 Å². The fourth-order valence-electron chi connectivity index (χ4n) is 3.65. The van der Waals surface area contributed by atoms with Crippen LogP contribution in [0, 0.1) is 0 Å². The summed E-state index contributed by atoms with van der Waals surface area (Å²) in [7, 11) is 0. The summed E-state index contributed by atoms with van der Waals surface area (Å²) in [4.78, 5) is 17.2. The lowest BCUT2D eigenvalue weighted by atomic mass is 10.00. The number of hydrogen-bond acceptors (Lipinski definition) is 2. The average Bonchev–Trinajstić information content (AvgIpc) is 2.86. The third-order valence-corrected chi connectivity index (χ3v) is 5.12.